The van der Waals surface area contributed by atoms with E-state index in [1.807, 2.05) is 6.07 Å². The van der Waals surface area contributed by atoms with Crippen LogP contribution in [0.1, 0.15) is 36.4 Å². The van der Waals surface area contributed by atoms with E-state index < -0.39 is 0 Å². The predicted octanol–water partition coefficient (Wildman–Crippen LogP) is 2.56. The number of ether oxygens (including phenoxy) is 1. The Kier molecular flexibility index (Phi) is 2.91. The molecule has 3 heteroatoms. The molecule has 1 aliphatic rings. The van der Waals surface area contributed by atoms with Crippen molar-refractivity contribution in [3.05, 3.63) is 29.1 Å². The van der Waals surface area contributed by atoms with Crippen molar-refractivity contribution < 1.29 is 9.13 Å². The molecule has 0 aliphatic heterocycles. The minimum atomic E-state index is -0.179. The zero-order valence-electron chi connectivity index (χ0n) is 8.92. The van der Waals surface area contributed by atoms with Gasteiger partial charge in [0.2, 0.25) is 0 Å². The Balaban J connectivity index is 2.50. The molecular formula is C12H16FNO. The number of rotatable bonds is 1. The van der Waals surface area contributed by atoms with E-state index in [9.17, 15) is 4.39 Å². The van der Waals surface area contributed by atoms with Crippen LogP contribution >= 0.6 is 0 Å². The van der Waals surface area contributed by atoms with Gasteiger partial charge in [-0.15, -0.1) is 0 Å². The highest BCUT2D eigenvalue weighted by Crippen LogP contribution is 2.31. The van der Waals surface area contributed by atoms with E-state index in [2.05, 4.69) is 0 Å². The molecule has 0 spiro atoms. The molecule has 0 saturated carbocycles. The highest BCUT2D eigenvalue weighted by atomic mass is 19.1. The molecule has 82 valence electrons. The minimum Gasteiger partial charge on any atom is -0.497 e. The molecule has 1 aromatic rings. The van der Waals surface area contributed by atoms with Crippen LogP contribution in [0.3, 0.4) is 0 Å². The van der Waals surface area contributed by atoms with Crippen LogP contribution in [0.25, 0.3) is 0 Å². The Morgan fingerprint density at radius 1 is 1.40 bits per heavy atom. The third-order valence-electron chi connectivity index (χ3n) is 3.03. The van der Waals surface area contributed by atoms with Gasteiger partial charge >= 0.3 is 0 Å². The Labute approximate surface area is 89.2 Å². The van der Waals surface area contributed by atoms with Crippen molar-refractivity contribution in [2.24, 2.45) is 5.73 Å². The van der Waals surface area contributed by atoms with Gasteiger partial charge in [-0.25, -0.2) is 4.39 Å². The third kappa shape index (κ3) is 1.97. The van der Waals surface area contributed by atoms with Crippen LogP contribution in [0.2, 0.25) is 0 Å². The monoisotopic (exact) mass is 209 g/mol. The van der Waals surface area contributed by atoms with Gasteiger partial charge in [-0.2, -0.15) is 0 Å². The van der Waals surface area contributed by atoms with Crippen LogP contribution in [0.15, 0.2) is 12.1 Å². The zero-order chi connectivity index (χ0) is 10.8. The Morgan fingerprint density at radius 3 is 2.93 bits per heavy atom. The normalized spacial score (nSPS) is 20.6. The molecule has 15 heavy (non-hydrogen) atoms. The van der Waals surface area contributed by atoms with Crippen LogP contribution < -0.4 is 10.5 Å². The number of nitrogens with two attached hydrogens (primary N) is 1. The van der Waals surface area contributed by atoms with Crippen molar-refractivity contribution in [3.63, 3.8) is 0 Å². The number of methoxy groups -OCH3 is 1. The molecule has 2 nitrogen and oxygen atoms in total. The average Bonchev–Trinajstić information content (AvgIpc) is 2.41. The molecule has 0 heterocycles. The third-order valence-corrected chi connectivity index (χ3v) is 3.03. The fraction of sp³-hybridized carbons (Fsp3) is 0.500. The van der Waals surface area contributed by atoms with E-state index in [0.717, 1.165) is 36.8 Å². The van der Waals surface area contributed by atoms with E-state index in [0.29, 0.717) is 5.75 Å². The first-order valence-electron chi connectivity index (χ1n) is 5.34. The Morgan fingerprint density at radius 2 is 2.20 bits per heavy atom. The summed E-state index contributed by atoms with van der Waals surface area (Å²) in [6.45, 7) is 0. The molecule has 0 saturated heterocycles. The van der Waals surface area contributed by atoms with Gasteiger partial charge in [-0.3, -0.25) is 0 Å². The van der Waals surface area contributed by atoms with E-state index >= 15 is 0 Å². The first-order chi connectivity index (χ1) is 7.22. The SMILES string of the molecule is COc1cc(F)c2c(c1)[C@H](N)CCCC2. The summed E-state index contributed by atoms with van der Waals surface area (Å²) in [4.78, 5) is 0. The van der Waals surface area contributed by atoms with Crippen molar-refractivity contribution in [1.82, 2.24) is 0 Å². The van der Waals surface area contributed by atoms with Gasteiger partial charge in [0, 0.05) is 12.1 Å². The van der Waals surface area contributed by atoms with E-state index in [1.165, 1.54) is 6.07 Å². The lowest BCUT2D eigenvalue weighted by Crippen LogP contribution is -2.11. The first-order valence-corrected chi connectivity index (χ1v) is 5.34. The lowest BCUT2D eigenvalue weighted by Gasteiger charge is -2.14. The minimum absolute atomic E-state index is 0.0490. The van der Waals surface area contributed by atoms with Crippen molar-refractivity contribution in [1.29, 1.82) is 0 Å². The van der Waals surface area contributed by atoms with E-state index in [1.54, 1.807) is 7.11 Å². The van der Waals surface area contributed by atoms with Gasteiger partial charge < -0.3 is 10.5 Å². The fourth-order valence-electron chi connectivity index (χ4n) is 2.17. The molecule has 0 bridgehead atoms. The molecule has 0 unspecified atom stereocenters. The van der Waals surface area contributed by atoms with Crippen LogP contribution in [0, 0.1) is 5.82 Å². The number of hydrogen-bond acceptors (Lipinski definition) is 2. The van der Waals surface area contributed by atoms with Gasteiger partial charge in [0.15, 0.2) is 0 Å². The topological polar surface area (TPSA) is 35.2 Å². The molecule has 1 aromatic carbocycles. The second-order valence-corrected chi connectivity index (χ2v) is 4.03. The molecule has 2 rings (SSSR count). The van der Waals surface area contributed by atoms with Gasteiger partial charge in [-0.05, 0) is 36.5 Å². The van der Waals surface area contributed by atoms with Gasteiger partial charge in [0.25, 0.3) is 0 Å². The summed E-state index contributed by atoms with van der Waals surface area (Å²) in [5, 5.41) is 0. The predicted molar refractivity (Wildman–Crippen MR) is 57.4 cm³/mol. The number of fused-ring (bicyclic) bond motifs is 1. The highest BCUT2D eigenvalue weighted by Gasteiger charge is 2.19. The number of hydrogen-bond donors (Lipinski definition) is 1. The number of halogens is 1. The molecular weight excluding hydrogens is 193 g/mol. The van der Waals surface area contributed by atoms with E-state index in [4.69, 9.17) is 10.5 Å². The zero-order valence-corrected chi connectivity index (χ0v) is 8.92. The molecule has 0 fully saturated rings. The Bertz CT molecular complexity index is 365. The molecule has 0 amide bonds. The van der Waals surface area contributed by atoms with Gasteiger partial charge in [0.1, 0.15) is 11.6 Å². The molecule has 0 radical (unpaired) electrons. The smallest absolute Gasteiger partial charge is 0.130 e. The second-order valence-electron chi connectivity index (χ2n) is 4.03. The highest BCUT2D eigenvalue weighted by molar-refractivity contribution is 5.39. The summed E-state index contributed by atoms with van der Waals surface area (Å²) < 4.78 is 18.8. The van der Waals surface area contributed by atoms with Gasteiger partial charge in [0.05, 0.1) is 7.11 Å². The lowest BCUT2D eigenvalue weighted by atomic mass is 9.99. The summed E-state index contributed by atoms with van der Waals surface area (Å²) in [5.74, 6) is 0.380. The number of benzene rings is 1. The van der Waals surface area contributed by atoms with Crippen molar-refractivity contribution in [2.45, 2.75) is 31.7 Å². The average molecular weight is 209 g/mol. The van der Waals surface area contributed by atoms with Crippen molar-refractivity contribution in [3.8, 4) is 5.75 Å². The summed E-state index contributed by atoms with van der Waals surface area (Å²) in [5.41, 5.74) is 7.72. The van der Waals surface area contributed by atoms with Crippen LogP contribution in [-0.2, 0) is 6.42 Å². The maximum Gasteiger partial charge on any atom is 0.130 e. The van der Waals surface area contributed by atoms with Crippen LogP contribution in [0.4, 0.5) is 4.39 Å². The second kappa shape index (κ2) is 4.19. The lowest BCUT2D eigenvalue weighted by molar-refractivity contribution is 0.409. The molecule has 1 atom stereocenters. The van der Waals surface area contributed by atoms with Crippen LogP contribution in [-0.4, -0.2) is 7.11 Å². The summed E-state index contributed by atoms with van der Waals surface area (Å²) in [7, 11) is 1.55. The van der Waals surface area contributed by atoms with Gasteiger partial charge in [-0.1, -0.05) is 6.42 Å². The molecule has 0 aromatic heterocycles. The summed E-state index contributed by atoms with van der Waals surface area (Å²) in [6.07, 6.45) is 3.81. The fourth-order valence-corrected chi connectivity index (χ4v) is 2.17. The standard InChI is InChI=1S/C12H16FNO/c1-15-8-6-10-9(11(13)7-8)4-2-3-5-12(10)14/h6-7,12H,2-5,14H2,1H3/t12-/m1/s1. The van der Waals surface area contributed by atoms with E-state index in [-0.39, 0.29) is 11.9 Å². The molecule has 2 N–H and O–H groups in total. The first kappa shape index (κ1) is 10.4. The summed E-state index contributed by atoms with van der Waals surface area (Å²) >= 11 is 0. The quantitative estimate of drug-likeness (QED) is 0.721. The summed E-state index contributed by atoms with van der Waals surface area (Å²) in [6, 6.07) is 3.26. The maximum absolute atomic E-state index is 13.7. The largest absolute Gasteiger partial charge is 0.497 e. The Hall–Kier alpha value is -1.09. The van der Waals surface area contributed by atoms with Crippen molar-refractivity contribution in [2.75, 3.05) is 7.11 Å². The van der Waals surface area contributed by atoms with Crippen LogP contribution in [0.5, 0.6) is 5.75 Å². The maximum atomic E-state index is 13.7. The van der Waals surface area contributed by atoms with Crippen molar-refractivity contribution >= 4 is 0 Å². The molecule has 1 aliphatic carbocycles.